The number of amidine groups is 1. The molecule has 3 amide bonds. The molecule has 0 bridgehead atoms. The van der Waals surface area contributed by atoms with Crippen molar-refractivity contribution < 1.29 is 19.8 Å². The monoisotopic (exact) mass is 401 g/mol. The number of carbonyl (C=O) groups is 3. The van der Waals surface area contributed by atoms with Crippen LogP contribution in [0.5, 0.6) is 0 Å². The van der Waals surface area contributed by atoms with E-state index in [0.29, 0.717) is 23.2 Å². The van der Waals surface area contributed by atoms with Gasteiger partial charge in [-0.2, -0.15) is 4.99 Å². The van der Waals surface area contributed by atoms with Gasteiger partial charge < -0.3 is 5.32 Å². The summed E-state index contributed by atoms with van der Waals surface area (Å²) in [7, 11) is 0. The van der Waals surface area contributed by atoms with Crippen molar-refractivity contribution in [3.63, 3.8) is 0 Å². The summed E-state index contributed by atoms with van der Waals surface area (Å²) < 4.78 is 0. The average Bonchev–Trinajstić information content (AvgIpc) is 3.14. The minimum atomic E-state index is -0.494. The Kier molecular flexibility index (Phi) is 4.77. The number of aliphatic imine (C=N–C) groups is 1. The summed E-state index contributed by atoms with van der Waals surface area (Å²) >= 11 is 0. The van der Waals surface area contributed by atoms with Crippen molar-refractivity contribution in [2.45, 2.75) is 0 Å². The first-order valence-corrected chi connectivity index (χ1v) is 8.98. The highest BCUT2D eigenvalue weighted by Crippen LogP contribution is 2.22. The standard InChI is InChI=1S/C21H16N6O3/c22-19(23)13-2-1-12-8-18(24-9-14(12)7-13)20(29)25-15-3-5-17(6-4-15)27-10-16(11-28)26-21(27)30/h1-9,11H,10H2,(H3,22,23)(H,25,29)/p+1. The number of rotatable bonds is 5. The van der Waals surface area contributed by atoms with Crippen LogP contribution in [0.4, 0.5) is 16.2 Å². The Labute approximate surface area is 170 Å². The molecule has 9 nitrogen and oxygen atoms in total. The Morgan fingerprint density at radius 3 is 2.57 bits per heavy atom. The van der Waals surface area contributed by atoms with Crippen molar-refractivity contribution in [2.75, 3.05) is 16.8 Å². The molecule has 4 rings (SSSR count). The lowest BCUT2D eigenvalue weighted by atomic mass is 10.1. The van der Waals surface area contributed by atoms with E-state index in [9.17, 15) is 14.4 Å². The van der Waals surface area contributed by atoms with E-state index in [-0.39, 0.29) is 29.7 Å². The molecular formula is C21H17N6O3+. The van der Waals surface area contributed by atoms with Gasteiger partial charge in [-0.05, 0) is 47.9 Å². The molecule has 1 aliphatic heterocycles. The normalized spacial score (nSPS) is 13.3. The van der Waals surface area contributed by atoms with E-state index in [1.54, 1.807) is 48.7 Å². The molecule has 2 aromatic carbocycles. The second kappa shape index (κ2) is 7.55. The van der Waals surface area contributed by atoms with Crippen LogP contribution in [-0.4, -0.2) is 41.3 Å². The van der Waals surface area contributed by atoms with Gasteiger partial charge >= 0.3 is 6.03 Å². The fraction of sp³-hybridized carbons (Fsp3) is 0.0476. The Morgan fingerprint density at radius 1 is 1.13 bits per heavy atom. The predicted molar refractivity (Wildman–Crippen MR) is 113 cm³/mol. The number of aromatic nitrogens is 1. The summed E-state index contributed by atoms with van der Waals surface area (Å²) in [4.78, 5) is 44.4. The quantitative estimate of drug-likeness (QED) is 0.325. The van der Waals surface area contributed by atoms with Crippen molar-refractivity contribution in [3.8, 4) is 0 Å². The van der Waals surface area contributed by atoms with Gasteiger partial charge in [-0.3, -0.25) is 30.6 Å². The van der Waals surface area contributed by atoms with Gasteiger partial charge in [0, 0.05) is 23.0 Å². The van der Waals surface area contributed by atoms with E-state index in [1.807, 2.05) is 6.07 Å². The number of fused-ring (bicyclic) bond motifs is 1. The van der Waals surface area contributed by atoms with Gasteiger partial charge in [-0.25, -0.2) is 4.79 Å². The molecule has 0 aliphatic carbocycles. The fourth-order valence-corrected chi connectivity index (χ4v) is 3.08. The molecule has 3 aromatic rings. The second-order valence-electron chi connectivity index (χ2n) is 6.68. The number of aldehydes is 1. The summed E-state index contributed by atoms with van der Waals surface area (Å²) in [5.41, 5.74) is 7.85. The zero-order valence-electron chi connectivity index (χ0n) is 15.7. The van der Waals surface area contributed by atoms with Crippen molar-refractivity contribution in [1.82, 2.24) is 4.98 Å². The minimum Gasteiger partial charge on any atom is -0.321 e. The molecular weight excluding hydrogens is 384 g/mol. The second-order valence-corrected chi connectivity index (χ2v) is 6.68. The number of benzene rings is 2. The molecule has 0 radical (unpaired) electrons. The van der Waals surface area contributed by atoms with E-state index < -0.39 is 6.03 Å². The molecule has 0 unspecified atom stereocenters. The van der Waals surface area contributed by atoms with Crippen LogP contribution in [-0.2, 0) is 4.79 Å². The van der Waals surface area contributed by atoms with Gasteiger partial charge in [0.1, 0.15) is 11.4 Å². The maximum absolute atomic E-state index is 12.6. The molecule has 0 fully saturated rings. The van der Waals surface area contributed by atoms with E-state index in [2.05, 4.69) is 15.3 Å². The van der Waals surface area contributed by atoms with E-state index in [0.717, 1.165) is 10.8 Å². The van der Waals surface area contributed by atoms with Gasteiger partial charge in [0.25, 0.3) is 11.7 Å². The Hall–Kier alpha value is -4.40. The van der Waals surface area contributed by atoms with Crippen LogP contribution in [0.3, 0.4) is 0 Å². The summed E-state index contributed by atoms with van der Waals surface area (Å²) in [6, 6.07) is 13.2. The zero-order chi connectivity index (χ0) is 21.3. The first-order valence-electron chi connectivity index (χ1n) is 8.98. The summed E-state index contributed by atoms with van der Waals surface area (Å²) in [6.07, 6.45) is 2.15. The fourth-order valence-electron chi connectivity index (χ4n) is 3.08. The lowest BCUT2D eigenvalue weighted by molar-refractivity contribution is -0.114. The van der Waals surface area contributed by atoms with Crippen molar-refractivity contribution in [2.24, 2.45) is 10.7 Å². The number of anilines is 2. The highest BCUT2D eigenvalue weighted by Gasteiger charge is 2.24. The van der Waals surface area contributed by atoms with Crippen LogP contribution in [0.25, 0.3) is 10.8 Å². The van der Waals surface area contributed by atoms with Gasteiger partial charge in [0.2, 0.25) is 0 Å². The number of urea groups is 1. The third kappa shape index (κ3) is 3.63. The average molecular weight is 401 g/mol. The minimum absolute atomic E-state index is 0.129. The lowest BCUT2D eigenvalue weighted by Crippen LogP contribution is -2.46. The van der Waals surface area contributed by atoms with Crippen LogP contribution >= 0.6 is 0 Å². The highest BCUT2D eigenvalue weighted by molar-refractivity contribution is 6.36. The maximum atomic E-state index is 12.6. The molecule has 5 N–H and O–H groups in total. The number of carbonyl (C=O) groups excluding carboxylic acids is 3. The molecule has 1 aromatic heterocycles. The number of nitrogens with one attached hydrogen (secondary N) is 1. The molecule has 9 heteroatoms. The Balaban J connectivity index is 1.48. The van der Waals surface area contributed by atoms with Crippen molar-refractivity contribution >= 4 is 51.9 Å². The van der Waals surface area contributed by atoms with Crippen molar-refractivity contribution in [1.29, 1.82) is 0 Å². The van der Waals surface area contributed by atoms with Gasteiger partial charge in [0.05, 0.1) is 12.1 Å². The molecule has 1 aliphatic rings. The van der Waals surface area contributed by atoms with E-state index in [4.69, 9.17) is 11.1 Å². The van der Waals surface area contributed by atoms with E-state index >= 15 is 0 Å². The third-order valence-electron chi connectivity index (χ3n) is 4.65. The smallest absolute Gasteiger partial charge is 0.321 e. The van der Waals surface area contributed by atoms with Crippen LogP contribution < -0.4 is 21.4 Å². The molecule has 0 saturated heterocycles. The third-order valence-corrected chi connectivity index (χ3v) is 4.65. The zero-order valence-corrected chi connectivity index (χ0v) is 15.7. The first kappa shape index (κ1) is 18.9. The van der Waals surface area contributed by atoms with Crippen LogP contribution in [0, 0.1) is 0 Å². The molecule has 0 atom stereocenters. The lowest BCUT2D eigenvalue weighted by Gasteiger charge is -2.15. The van der Waals surface area contributed by atoms with Crippen LogP contribution in [0.15, 0.2) is 59.7 Å². The summed E-state index contributed by atoms with van der Waals surface area (Å²) in [5.74, 6) is -0.158. The number of nitrogens with zero attached hydrogens (tertiary/aromatic N) is 3. The van der Waals surface area contributed by atoms with Gasteiger partial charge in [-0.1, -0.05) is 6.07 Å². The topological polar surface area (TPSA) is 143 Å². The summed E-state index contributed by atoms with van der Waals surface area (Å²) in [5, 5.41) is 10.0. The first-order chi connectivity index (χ1) is 14.4. The van der Waals surface area contributed by atoms with Crippen LogP contribution in [0.1, 0.15) is 16.1 Å². The van der Waals surface area contributed by atoms with Gasteiger partial charge in [0.15, 0.2) is 6.29 Å². The van der Waals surface area contributed by atoms with Crippen molar-refractivity contribution in [3.05, 3.63) is 66.0 Å². The molecule has 0 saturated carbocycles. The van der Waals surface area contributed by atoms with E-state index in [1.165, 1.54) is 4.90 Å². The highest BCUT2D eigenvalue weighted by atomic mass is 16.2. The molecule has 148 valence electrons. The van der Waals surface area contributed by atoms with Crippen LogP contribution in [0.2, 0.25) is 0 Å². The molecule has 0 spiro atoms. The SMILES string of the molecule is NC(=[NH2+])c1ccc2cc(C(=O)Nc3ccc(N4CC(C=O)=NC4=O)cc3)ncc2c1. The number of nitrogens with two attached hydrogens (primary N) is 2. The largest absolute Gasteiger partial charge is 0.348 e. The number of amides is 3. The molecule has 30 heavy (non-hydrogen) atoms. The molecule has 2 heterocycles. The number of hydrogen-bond donors (Lipinski definition) is 3. The maximum Gasteiger partial charge on any atom is 0.348 e. The predicted octanol–water partition coefficient (Wildman–Crippen LogP) is 0.531. The van der Waals surface area contributed by atoms with Gasteiger partial charge in [-0.15, -0.1) is 0 Å². The Bertz CT molecular complexity index is 1230. The summed E-state index contributed by atoms with van der Waals surface area (Å²) in [6.45, 7) is 0.129. The Morgan fingerprint density at radius 2 is 1.90 bits per heavy atom. The number of pyridine rings is 1. The number of hydrogen-bond acceptors (Lipinski definition) is 4.